The lowest BCUT2D eigenvalue weighted by Crippen LogP contribution is -2.21. The van der Waals surface area contributed by atoms with Gasteiger partial charge in [-0.2, -0.15) is 0 Å². The third-order valence-electron chi connectivity index (χ3n) is 3.16. The molecule has 0 bridgehead atoms. The lowest BCUT2D eigenvalue weighted by atomic mass is 10.1. The number of nitrogens with zero attached hydrogens (tertiary/aromatic N) is 2. The summed E-state index contributed by atoms with van der Waals surface area (Å²) < 4.78 is 0. The Hall–Kier alpha value is -1.26. The van der Waals surface area contributed by atoms with Crippen LogP contribution in [0.3, 0.4) is 0 Å². The Morgan fingerprint density at radius 3 is 2.68 bits per heavy atom. The molecule has 4 heteroatoms. The molecule has 0 saturated heterocycles. The Kier molecular flexibility index (Phi) is 5.05. The molecule has 102 valence electrons. The average Bonchev–Trinajstić information content (AvgIpc) is 2.90. The summed E-state index contributed by atoms with van der Waals surface area (Å²) in [6.07, 6.45) is 2.18. The van der Waals surface area contributed by atoms with E-state index >= 15 is 0 Å². The molecule has 1 heterocycles. The van der Waals surface area contributed by atoms with Crippen LogP contribution in [0.4, 0.5) is 0 Å². The maximum Gasteiger partial charge on any atom is 0.148 e. The van der Waals surface area contributed by atoms with Crippen molar-refractivity contribution >= 4 is 11.3 Å². The largest absolute Gasteiger partial charge is 0.308 e. The van der Waals surface area contributed by atoms with Gasteiger partial charge in [-0.05, 0) is 31.9 Å². The normalized spacial score (nSPS) is 12.6. The summed E-state index contributed by atoms with van der Waals surface area (Å²) >= 11 is 1.70. The number of hydrogen-bond donors (Lipinski definition) is 1. The van der Waals surface area contributed by atoms with Gasteiger partial charge in [0.2, 0.25) is 0 Å². The van der Waals surface area contributed by atoms with E-state index in [4.69, 9.17) is 0 Å². The number of aryl methyl sites for hydroxylation is 1. The molecule has 19 heavy (non-hydrogen) atoms. The zero-order valence-electron chi connectivity index (χ0n) is 11.8. The summed E-state index contributed by atoms with van der Waals surface area (Å²) in [4.78, 5) is 0. The second-order valence-electron chi connectivity index (χ2n) is 4.68. The topological polar surface area (TPSA) is 37.8 Å². The number of benzene rings is 1. The minimum absolute atomic E-state index is 0.329. The maximum atomic E-state index is 4.36. The van der Waals surface area contributed by atoms with Crippen LogP contribution in [-0.4, -0.2) is 16.7 Å². The summed E-state index contributed by atoms with van der Waals surface area (Å²) in [7, 11) is 0. The van der Waals surface area contributed by atoms with Gasteiger partial charge in [0.1, 0.15) is 10.0 Å². The van der Waals surface area contributed by atoms with Crippen LogP contribution >= 0.6 is 11.3 Å². The SMILES string of the molecule is CCCNC(CC)c1nnc(-c2ccccc2C)s1. The van der Waals surface area contributed by atoms with Gasteiger partial charge in [0.25, 0.3) is 0 Å². The van der Waals surface area contributed by atoms with Gasteiger partial charge in [0.05, 0.1) is 6.04 Å². The van der Waals surface area contributed by atoms with Crippen molar-refractivity contribution in [3.8, 4) is 10.6 Å². The van der Waals surface area contributed by atoms with Gasteiger partial charge in [-0.15, -0.1) is 10.2 Å². The lowest BCUT2D eigenvalue weighted by molar-refractivity contribution is 0.513. The fraction of sp³-hybridized carbons (Fsp3) is 0.467. The number of nitrogens with one attached hydrogen (secondary N) is 1. The molecule has 0 aliphatic heterocycles. The highest BCUT2D eigenvalue weighted by Gasteiger charge is 2.15. The van der Waals surface area contributed by atoms with Gasteiger partial charge in [-0.1, -0.05) is 49.4 Å². The van der Waals surface area contributed by atoms with Crippen molar-refractivity contribution in [3.63, 3.8) is 0 Å². The molecule has 1 atom stereocenters. The molecule has 1 aromatic heterocycles. The minimum Gasteiger partial charge on any atom is -0.308 e. The molecule has 0 amide bonds. The molecule has 0 aliphatic rings. The average molecular weight is 275 g/mol. The third-order valence-corrected chi connectivity index (χ3v) is 4.23. The van der Waals surface area contributed by atoms with Crippen molar-refractivity contribution in [1.29, 1.82) is 0 Å². The van der Waals surface area contributed by atoms with Crippen molar-refractivity contribution in [1.82, 2.24) is 15.5 Å². The first-order valence-corrected chi connectivity index (χ1v) is 7.70. The first-order valence-electron chi connectivity index (χ1n) is 6.89. The van der Waals surface area contributed by atoms with Gasteiger partial charge in [-0.3, -0.25) is 0 Å². The second-order valence-corrected chi connectivity index (χ2v) is 5.68. The molecule has 2 rings (SSSR count). The van der Waals surface area contributed by atoms with Crippen LogP contribution in [-0.2, 0) is 0 Å². The Morgan fingerprint density at radius 1 is 1.21 bits per heavy atom. The molecule has 0 saturated carbocycles. The van der Waals surface area contributed by atoms with E-state index in [1.165, 1.54) is 11.1 Å². The van der Waals surface area contributed by atoms with Gasteiger partial charge in [0, 0.05) is 5.56 Å². The van der Waals surface area contributed by atoms with Crippen LogP contribution < -0.4 is 5.32 Å². The predicted octanol–water partition coefficient (Wildman–Crippen LogP) is 3.96. The fourth-order valence-electron chi connectivity index (χ4n) is 2.02. The first-order chi connectivity index (χ1) is 9.26. The summed E-state index contributed by atoms with van der Waals surface area (Å²) in [6.45, 7) is 7.50. The second kappa shape index (κ2) is 6.78. The molecule has 0 aliphatic carbocycles. The van der Waals surface area contributed by atoms with Gasteiger partial charge in [0.15, 0.2) is 0 Å². The third kappa shape index (κ3) is 3.39. The molecule has 0 radical (unpaired) electrons. The first kappa shape index (κ1) is 14.2. The quantitative estimate of drug-likeness (QED) is 0.867. The highest BCUT2D eigenvalue weighted by atomic mass is 32.1. The molecule has 1 aromatic carbocycles. The summed E-state index contributed by atoms with van der Waals surface area (Å²) in [5.74, 6) is 0. The molecule has 3 nitrogen and oxygen atoms in total. The van der Waals surface area contributed by atoms with E-state index in [1.54, 1.807) is 11.3 Å². The molecule has 0 fully saturated rings. The highest BCUT2D eigenvalue weighted by molar-refractivity contribution is 7.14. The zero-order chi connectivity index (χ0) is 13.7. The Balaban J connectivity index is 2.21. The lowest BCUT2D eigenvalue weighted by Gasteiger charge is -2.12. The molecular weight excluding hydrogens is 254 g/mol. The van der Waals surface area contributed by atoms with Crippen LogP contribution in [0.15, 0.2) is 24.3 Å². The van der Waals surface area contributed by atoms with E-state index in [-0.39, 0.29) is 0 Å². The van der Waals surface area contributed by atoms with E-state index in [0.29, 0.717) is 6.04 Å². The van der Waals surface area contributed by atoms with Crippen LogP contribution in [0.25, 0.3) is 10.6 Å². The fourth-order valence-corrected chi connectivity index (χ4v) is 3.11. The Labute approximate surface area is 119 Å². The minimum atomic E-state index is 0.329. The number of rotatable bonds is 6. The van der Waals surface area contributed by atoms with E-state index in [9.17, 15) is 0 Å². The predicted molar refractivity (Wildman–Crippen MR) is 81.4 cm³/mol. The van der Waals surface area contributed by atoms with Crippen molar-refractivity contribution in [2.24, 2.45) is 0 Å². The zero-order valence-corrected chi connectivity index (χ0v) is 12.6. The maximum absolute atomic E-state index is 4.36. The van der Waals surface area contributed by atoms with Gasteiger partial charge < -0.3 is 5.32 Å². The number of hydrogen-bond acceptors (Lipinski definition) is 4. The van der Waals surface area contributed by atoms with Crippen LogP contribution in [0, 0.1) is 6.92 Å². The van der Waals surface area contributed by atoms with Crippen molar-refractivity contribution in [2.45, 2.75) is 39.7 Å². The van der Waals surface area contributed by atoms with Gasteiger partial charge >= 0.3 is 0 Å². The molecule has 2 aromatic rings. The summed E-state index contributed by atoms with van der Waals surface area (Å²) in [5, 5.41) is 14.3. The van der Waals surface area contributed by atoms with Crippen molar-refractivity contribution in [3.05, 3.63) is 34.8 Å². The standard InChI is InChI=1S/C15H21N3S/c1-4-10-16-13(5-2)15-18-17-14(19-15)12-9-7-6-8-11(12)3/h6-9,13,16H,4-5,10H2,1-3H3. The van der Waals surface area contributed by atoms with Crippen LogP contribution in [0.1, 0.15) is 43.3 Å². The smallest absolute Gasteiger partial charge is 0.148 e. The molecule has 0 spiro atoms. The summed E-state index contributed by atoms with van der Waals surface area (Å²) in [6, 6.07) is 8.66. The Morgan fingerprint density at radius 2 is 2.00 bits per heavy atom. The number of aromatic nitrogens is 2. The van der Waals surface area contributed by atoms with E-state index in [0.717, 1.165) is 29.4 Å². The van der Waals surface area contributed by atoms with Crippen molar-refractivity contribution < 1.29 is 0 Å². The van der Waals surface area contributed by atoms with E-state index in [1.807, 2.05) is 0 Å². The molecule has 1 N–H and O–H groups in total. The van der Waals surface area contributed by atoms with Gasteiger partial charge in [-0.25, -0.2) is 0 Å². The van der Waals surface area contributed by atoms with Crippen molar-refractivity contribution in [2.75, 3.05) is 6.54 Å². The molecular formula is C15H21N3S. The molecule has 1 unspecified atom stereocenters. The van der Waals surface area contributed by atoms with Crippen LogP contribution in [0.5, 0.6) is 0 Å². The highest BCUT2D eigenvalue weighted by Crippen LogP contribution is 2.29. The van der Waals surface area contributed by atoms with E-state index < -0.39 is 0 Å². The summed E-state index contributed by atoms with van der Waals surface area (Å²) in [5.41, 5.74) is 2.44. The van der Waals surface area contributed by atoms with E-state index in [2.05, 4.69) is 60.6 Å². The van der Waals surface area contributed by atoms with Crippen LogP contribution in [0.2, 0.25) is 0 Å². The monoisotopic (exact) mass is 275 g/mol. The Bertz CT molecular complexity index is 522.